The Bertz CT molecular complexity index is 613. The van der Waals surface area contributed by atoms with E-state index in [4.69, 9.17) is 21.1 Å². The summed E-state index contributed by atoms with van der Waals surface area (Å²) in [6.07, 6.45) is 1.56. The molecular weight excluding hydrogens is 278 g/mol. The van der Waals surface area contributed by atoms with Gasteiger partial charge >= 0.3 is 5.97 Å². The van der Waals surface area contributed by atoms with Gasteiger partial charge in [-0.05, 0) is 13.8 Å². The normalized spacial score (nSPS) is 11.0. The fourth-order valence-corrected chi connectivity index (χ4v) is 2.03. The SMILES string of the molecule is CC(C)OCCOC(=O)c1cnc(Cl)c2ccccc12. The first-order valence-corrected chi connectivity index (χ1v) is 6.79. The summed E-state index contributed by atoms with van der Waals surface area (Å²) in [6, 6.07) is 7.34. The smallest absolute Gasteiger partial charge is 0.340 e. The second-order valence-electron chi connectivity index (χ2n) is 4.56. The second kappa shape index (κ2) is 6.68. The van der Waals surface area contributed by atoms with Crippen LogP contribution < -0.4 is 0 Å². The number of esters is 1. The van der Waals surface area contributed by atoms with E-state index in [0.717, 1.165) is 10.8 Å². The number of aromatic nitrogens is 1. The lowest BCUT2D eigenvalue weighted by Gasteiger charge is -2.09. The highest BCUT2D eigenvalue weighted by Gasteiger charge is 2.13. The van der Waals surface area contributed by atoms with Crippen molar-refractivity contribution in [3.63, 3.8) is 0 Å². The molecule has 0 aliphatic rings. The number of carbonyl (C=O) groups excluding carboxylic acids is 1. The first-order valence-electron chi connectivity index (χ1n) is 6.41. The number of rotatable bonds is 5. The van der Waals surface area contributed by atoms with Crippen LogP contribution in [0.15, 0.2) is 30.5 Å². The molecule has 1 heterocycles. The van der Waals surface area contributed by atoms with Gasteiger partial charge in [0.15, 0.2) is 0 Å². The molecule has 106 valence electrons. The molecule has 4 nitrogen and oxygen atoms in total. The van der Waals surface area contributed by atoms with Crippen LogP contribution in [0.25, 0.3) is 10.8 Å². The highest BCUT2D eigenvalue weighted by Crippen LogP contribution is 2.24. The summed E-state index contributed by atoms with van der Waals surface area (Å²) in [4.78, 5) is 16.1. The quantitative estimate of drug-likeness (QED) is 0.481. The van der Waals surface area contributed by atoms with Crippen LogP contribution in [0.1, 0.15) is 24.2 Å². The Morgan fingerprint density at radius 2 is 1.95 bits per heavy atom. The van der Waals surface area contributed by atoms with Crippen molar-refractivity contribution in [3.05, 3.63) is 41.2 Å². The largest absolute Gasteiger partial charge is 0.460 e. The van der Waals surface area contributed by atoms with Crippen molar-refractivity contribution in [2.45, 2.75) is 20.0 Å². The Kier molecular flexibility index (Phi) is 4.93. The third-order valence-corrected chi connectivity index (χ3v) is 3.04. The first-order chi connectivity index (χ1) is 9.59. The van der Waals surface area contributed by atoms with E-state index < -0.39 is 5.97 Å². The van der Waals surface area contributed by atoms with Gasteiger partial charge < -0.3 is 9.47 Å². The molecule has 0 aliphatic heterocycles. The molecule has 0 radical (unpaired) electrons. The molecule has 0 unspecified atom stereocenters. The van der Waals surface area contributed by atoms with Gasteiger partial charge in [0.2, 0.25) is 0 Å². The molecule has 0 saturated carbocycles. The summed E-state index contributed by atoms with van der Waals surface area (Å²) < 4.78 is 10.5. The molecule has 0 amide bonds. The van der Waals surface area contributed by atoms with Gasteiger partial charge in [0.25, 0.3) is 0 Å². The summed E-state index contributed by atoms with van der Waals surface area (Å²) in [5.74, 6) is -0.419. The van der Waals surface area contributed by atoms with E-state index in [1.54, 1.807) is 0 Å². The maximum absolute atomic E-state index is 12.1. The highest BCUT2D eigenvalue weighted by atomic mass is 35.5. The monoisotopic (exact) mass is 293 g/mol. The number of benzene rings is 1. The predicted molar refractivity (Wildman–Crippen MR) is 78.1 cm³/mol. The van der Waals surface area contributed by atoms with Crippen molar-refractivity contribution in [1.82, 2.24) is 4.98 Å². The van der Waals surface area contributed by atoms with Crippen LogP contribution >= 0.6 is 11.6 Å². The molecule has 0 N–H and O–H groups in total. The van der Waals surface area contributed by atoms with Gasteiger partial charge in [-0.15, -0.1) is 0 Å². The number of carbonyl (C=O) groups is 1. The van der Waals surface area contributed by atoms with E-state index in [-0.39, 0.29) is 12.7 Å². The molecule has 0 fully saturated rings. The van der Waals surface area contributed by atoms with Crippen LogP contribution in [-0.2, 0) is 9.47 Å². The lowest BCUT2D eigenvalue weighted by Crippen LogP contribution is -2.14. The second-order valence-corrected chi connectivity index (χ2v) is 4.92. The van der Waals surface area contributed by atoms with Crippen LogP contribution in [0.2, 0.25) is 5.15 Å². The number of hydrogen-bond acceptors (Lipinski definition) is 4. The zero-order valence-electron chi connectivity index (χ0n) is 11.4. The maximum atomic E-state index is 12.1. The number of hydrogen-bond donors (Lipinski definition) is 0. The minimum absolute atomic E-state index is 0.117. The molecular formula is C15H16ClNO3. The molecule has 0 spiro atoms. The third-order valence-electron chi connectivity index (χ3n) is 2.73. The number of fused-ring (bicyclic) bond motifs is 1. The van der Waals surface area contributed by atoms with Gasteiger partial charge in [-0.1, -0.05) is 35.9 Å². The Hall–Kier alpha value is -1.65. The Labute approximate surface area is 122 Å². The molecule has 1 aromatic carbocycles. The predicted octanol–water partition coefficient (Wildman–Crippen LogP) is 3.47. The fraction of sp³-hybridized carbons (Fsp3) is 0.333. The van der Waals surface area contributed by atoms with Crippen molar-refractivity contribution < 1.29 is 14.3 Å². The van der Waals surface area contributed by atoms with E-state index in [9.17, 15) is 4.79 Å². The lowest BCUT2D eigenvalue weighted by molar-refractivity contribution is 0.0178. The number of ether oxygens (including phenoxy) is 2. The van der Waals surface area contributed by atoms with Gasteiger partial charge in [-0.25, -0.2) is 9.78 Å². The zero-order chi connectivity index (χ0) is 14.5. The summed E-state index contributed by atoms with van der Waals surface area (Å²) in [7, 11) is 0. The average Bonchev–Trinajstić information content (AvgIpc) is 2.44. The Morgan fingerprint density at radius 1 is 1.25 bits per heavy atom. The summed E-state index contributed by atoms with van der Waals surface area (Å²) in [5.41, 5.74) is 0.412. The number of halogens is 1. The molecule has 0 aliphatic carbocycles. The van der Waals surface area contributed by atoms with Crippen molar-refractivity contribution in [2.24, 2.45) is 0 Å². The molecule has 20 heavy (non-hydrogen) atoms. The van der Waals surface area contributed by atoms with E-state index in [0.29, 0.717) is 17.3 Å². The van der Waals surface area contributed by atoms with Gasteiger partial charge in [-0.2, -0.15) is 0 Å². The third kappa shape index (κ3) is 3.46. The van der Waals surface area contributed by atoms with E-state index >= 15 is 0 Å². The minimum Gasteiger partial charge on any atom is -0.460 e. The van der Waals surface area contributed by atoms with Gasteiger partial charge in [0.05, 0.1) is 18.3 Å². The van der Waals surface area contributed by atoms with Gasteiger partial charge in [0, 0.05) is 17.0 Å². The van der Waals surface area contributed by atoms with Crippen molar-refractivity contribution in [2.75, 3.05) is 13.2 Å². The molecule has 2 aromatic rings. The molecule has 0 atom stereocenters. The lowest BCUT2D eigenvalue weighted by atomic mass is 10.1. The van der Waals surface area contributed by atoms with Crippen LogP contribution in [0.4, 0.5) is 0 Å². The zero-order valence-corrected chi connectivity index (χ0v) is 12.2. The summed E-state index contributed by atoms with van der Waals surface area (Å²) >= 11 is 6.01. The Balaban J connectivity index is 2.12. The summed E-state index contributed by atoms with van der Waals surface area (Å²) in [5, 5.41) is 1.85. The van der Waals surface area contributed by atoms with Crippen LogP contribution in [0.5, 0.6) is 0 Å². The average molecular weight is 294 g/mol. The Morgan fingerprint density at radius 3 is 2.65 bits per heavy atom. The van der Waals surface area contributed by atoms with E-state index in [1.165, 1.54) is 6.20 Å². The molecule has 5 heteroatoms. The highest BCUT2D eigenvalue weighted by molar-refractivity contribution is 6.34. The van der Waals surface area contributed by atoms with Crippen LogP contribution in [0, 0.1) is 0 Å². The minimum atomic E-state index is -0.419. The molecule has 0 bridgehead atoms. The topological polar surface area (TPSA) is 48.4 Å². The fourth-order valence-electron chi connectivity index (χ4n) is 1.82. The van der Waals surface area contributed by atoms with Crippen molar-refractivity contribution in [3.8, 4) is 0 Å². The van der Waals surface area contributed by atoms with Crippen LogP contribution in [-0.4, -0.2) is 30.3 Å². The first kappa shape index (κ1) is 14.8. The van der Waals surface area contributed by atoms with Crippen LogP contribution in [0.3, 0.4) is 0 Å². The van der Waals surface area contributed by atoms with Gasteiger partial charge in [-0.3, -0.25) is 0 Å². The van der Waals surface area contributed by atoms with Crippen molar-refractivity contribution in [1.29, 1.82) is 0 Å². The molecule has 1 aromatic heterocycles. The summed E-state index contributed by atoms with van der Waals surface area (Å²) in [6.45, 7) is 4.45. The molecule has 0 saturated heterocycles. The van der Waals surface area contributed by atoms with E-state index in [2.05, 4.69) is 4.98 Å². The standard InChI is InChI=1S/C15H16ClNO3/c1-10(2)19-7-8-20-15(18)13-9-17-14(16)12-6-4-3-5-11(12)13/h3-6,9-10H,7-8H2,1-2H3. The van der Waals surface area contributed by atoms with Crippen molar-refractivity contribution >= 4 is 28.3 Å². The van der Waals surface area contributed by atoms with E-state index in [1.807, 2.05) is 38.1 Å². The maximum Gasteiger partial charge on any atom is 0.340 e. The number of pyridine rings is 1. The number of nitrogens with zero attached hydrogens (tertiary/aromatic N) is 1. The molecule has 2 rings (SSSR count). The van der Waals surface area contributed by atoms with Gasteiger partial charge in [0.1, 0.15) is 11.8 Å².